The quantitative estimate of drug-likeness (QED) is 0.819. The molecule has 2 aromatic rings. The highest BCUT2D eigenvalue weighted by Crippen LogP contribution is 2.25. The first-order chi connectivity index (χ1) is 8.08. The molecule has 17 heavy (non-hydrogen) atoms. The van der Waals surface area contributed by atoms with Gasteiger partial charge in [0.25, 0.3) is 0 Å². The van der Waals surface area contributed by atoms with Crippen LogP contribution in [0.15, 0.2) is 41.5 Å². The lowest BCUT2D eigenvalue weighted by molar-refractivity contribution is 0.473. The Hall–Kier alpha value is -2.23. The number of rotatable bonds is 1. The number of hydrogen-bond acceptors (Lipinski definition) is 3. The van der Waals surface area contributed by atoms with Gasteiger partial charge in [0.2, 0.25) is 5.43 Å². The summed E-state index contributed by atoms with van der Waals surface area (Å²) >= 11 is 0. The molecule has 0 amide bonds. The van der Waals surface area contributed by atoms with Gasteiger partial charge in [0, 0.05) is 17.3 Å². The highest BCUT2D eigenvalue weighted by molar-refractivity contribution is 5.68. The molecule has 1 aromatic heterocycles. The van der Waals surface area contributed by atoms with Gasteiger partial charge in [-0.15, -0.1) is 0 Å². The summed E-state index contributed by atoms with van der Waals surface area (Å²) in [4.78, 5) is 15.2. The Labute approximate surface area is 97.2 Å². The van der Waals surface area contributed by atoms with E-state index in [1.807, 2.05) is 0 Å². The Morgan fingerprint density at radius 2 is 2.00 bits per heavy atom. The summed E-state index contributed by atoms with van der Waals surface area (Å²) in [5, 5.41) is 9.76. The molecule has 0 aliphatic carbocycles. The Bertz CT molecular complexity index is 626. The van der Waals surface area contributed by atoms with Crippen LogP contribution in [0.25, 0.3) is 11.1 Å². The van der Waals surface area contributed by atoms with Crippen molar-refractivity contribution in [1.82, 2.24) is 4.98 Å². The van der Waals surface area contributed by atoms with Gasteiger partial charge in [-0.3, -0.25) is 9.78 Å². The zero-order valence-electron chi connectivity index (χ0n) is 9.14. The monoisotopic (exact) mass is 231 g/mol. The van der Waals surface area contributed by atoms with E-state index in [-0.39, 0.29) is 5.56 Å². The van der Waals surface area contributed by atoms with Crippen LogP contribution in [0.3, 0.4) is 0 Å². The van der Waals surface area contributed by atoms with Crippen LogP contribution in [0.4, 0.5) is 4.39 Å². The summed E-state index contributed by atoms with van der Waals surface area (Å²) in [7, 11) is 0. The van der Waals surface area contributed by atoms with Gasteiger partial charge in [-0.05, 0) is 24.6 Å². The molecule has 1 aromatic carbocycles. The van der Waals surface area contributed by atoms with Crippen molar-refractivity contribution in [1.29, 1.82) is 0 Å². The van der Waals surface area contributed by atoms with Crippen LogP contribution in [0, 0.1) is 12.7 Å². The maximum Gasteiger partial charge on any atom is 0.221 e. The third-order valence-electron chi connectivity index (χ3n) is 2.38. The number of aromatic hydroxyl groups is 1. The highest BCUT2D eigenvalue weighted by Gasteiger charge is 2.07. The van der Waals surface area contributed by atoms with Crippen LogP contribution in [-0.2, 0) is 0 Å². The first-order valence-corrected chi connectivity index (χ1v) is 5.03. The van der Waals surface area contributed by atoms with Crippen LogP contribution >= 0.6 is 0 Å². The van der Waals surface area contributed by atoms with Gasteiger partial charge in [-0.2, -0.15) is 0 Å². The predicted octanol–water partition coefficient (Wildman–Crippen LogP) is 2.26. The first-order valence-electron chi connectivity index (χ1n) is 5.03. The van der Waals surface area contributed by atoms with Crippen LogP contribution in [0.1, 0.15) is 5.56 Å². The van der Waals surface area contributed by atoms with Crippen molar-refractivity contribution in [2.45, 2.75) is 6.92 Å². The number of aromatic nitrogens is 1. The first kappa shape index (κ1) is 11.3. The Morgan fingerprint density at radius 3 is 2.71 bits per heavy atom. The molecule has 0 radical (unpaired) electrons. The maximum atomic E-state index is 13.0. The van der Waals surface area contributed by atoms with Crippen molar-refractivity contribution in [2.24, 2.45) is 0 Å². The van der Waals surface area contributed by atoms with Crippen LogP contribution in [0.2, 0.25) is 0 Å². The summed E-state index contributed by atoms with van der Waals surface area (Å²) < 4.78 is 13.0. The van der Waals surface area contributed by atoms with Crippen LogP contribution in [-0.4, -0.2) is 10.1 Å². The summed E-state index contributed by atoms with van der Waals surface area (Å²) in [5.41, 5.74) is 0.873. The molecule has 0 bridgehead atoms. The number of pyridine rings is 1. The maximum absolute atomic E-state index is 13.0. The van der Waals surface area contributed by atoms with E-state index >= 15 is 0 Å². The van der Waals surface area contributed by atoms with Gasteiger partial charge in [0.1, 0.15) is 5.82 Å². The fourth-order valence-electron chi connectivity index (χ4n) is 1.54. The molecule has 0 unspecified atom stereocenters. The largest absolute Gasteiger partial charge is 0.504 e. The zero-order chi connectivity index (χ0) is 12.4. The van der Waals surface area contributed by atoms with E-state index in [0.29, 0.717) is 5.56 Å². The normalized spacial score (nSPS) is 10.2. The minimum atomic E-state index is -0.516. The van der Waals surface area contributed by atoms with E-state index in [2.05, 4.69) is 4.98 Å². The molecule has 0 spiro atoms. The van der Waals surface area contributed by atoms with Crippen LogP contribution < -0.4 is 5.43 Å². The van der Waals surface area contributed by atoms with Crippen molar-refractivity contribution < 1.29 is 9.50 Å². The average Bonchev–Trinajstić information content (AvgIpc) is 2.40. The lowest BCUT2D eigenvalue weighted by Gasteiger charge is -2.00. The van der Waals surface area contributed by atoms with E-state index in [1.165, 1.54) is 18.3 Å². The minimum absolute atomic E-state index is 0.273. The van der Waals surface area contributed by atoms with Crippen molar-refractivity contribution in [3.05, 3.63) is 58.3 Å². The summed E-state index contributed by atoms with van der Waals surface area (Å²) in [6, 6.07) is 5.80. The van der Waals surface area contributed by atoms with Crippen molar-refractivity contribution in [2.75, 3.05) is 0 Å². The second-order valence-electron chi connectivity index (χ2n) is 3.74. The fraction of sp³-hybridized carbons (Fsp3) is 0.0769. The van der Waals surface area contributed by atoms with Gasteiger partial charge < -0.3 is 5.11 Å². The molecule has 86 valence electrons. The van der Waals surface area contributed by atoms with Crippen molar-refractivity contribution in [3.63, 3.8) is 0 Å². The van der Waals surface area contributed by atoms with Gasteiger partial charge in [-0.25, -0.2) is 4.39 Å². The smallest absolute Gasteiger partial charge is 0.221 e. The summed E-state index contributed by atoms with van der Waals surface area (Å²) in [6.07, 6.45) is 2.46. The van der Waals surface area contributed by atoms with E-state index < -0.39 is 17.0 Å². The number of halogens is 1. The lowest BCUT2D eigenvalue weighted by Crippen LogP contribution is -1.96. The molecule has 1 heterocycles. The Morgan fingerprint density at radius 1 is 1.24 bits per heavy atom. The third kappa shape index (κ3) is 2.30. The molecule has 0 fully saturated rings. The fourth-order valence-corrected chi connectivity index (χ4v) is 1.54. The molecule has 2 rings (SSSR count). The van der Waals surface area contributed by atoms with Crippen LogP contribution in [0.5, 0.6) is 5.75 Å². The minimum Gasteiger partial charge on any atom is -0.504 e. The number of hydrogen-bond donors (Lipinski definition) is 1. The lowest BCUT2D eigenvalue weighted by atomic mass is 10.1. The SMILES string of the molecule is Cc1ccc(-c2cncc(F)c2)c(O)c(=O)c1. The standard InChI is InChI=1S/C13H10FNO2/c1-8-2-3-11(13(17)12(16)4-8)9-5-10(14)7-15-6-9/h2-7H,1H3,(H,16,17). The van der Waals surface area contributed by atoms with E-state index in [4.69, 9.17) is 0 Å². The van der Waals surface area contributed by atoms with Gasteiger partial charge in [-0.1, -0.05) is 12.1 Å². The molecular formula is C13H10FNO2. The molecule has 1 N–H and O–H groups in total. The van der Waals surface area contributed by atoms with Gasteiger partial charge in [0.05, 0.1) is 6.20 Å². The number of aryl methyl sites for hydroxylation is 1. The molecule has 0 saturated carbocycles. The van der Waals surface area contributed by atoms with Gasteiger partial charge in [0.15, 0.2) is 5.75 Å². The van der Waals surface area contributed by atoms with E-state index in [0.717, 1.165) is 11.8 Å². The molecule has 3 nitrogen and oxygen atoms in total. The molecule has 0 aliphatic heterocycles. The second kappa shape index (κ2) is 4.33. The zero-order valence-corrected chi connectivity index (χ0v) is 9.14. The molecule has 4 heteroatoms. The Kier molecular flexibility index (Phi) is 2.87. The van der Waals surface area contributed by atoms with Gasteiger partial charge >= 0.3 is 0 Å². The molecule has 0 aliphatic rings. The summed E-state index contributed by atoms with van der Waals surface area (Å²) in [5.74, 6) is -0.914. The van der Waals surface area contributed by atoms with E-state index in [9.17, 15) is 14.3 Å². The number of nitrogens with zero attached hydrogens (tertiary/aromatic N) is 1. The third-order valence-corrected chi connectivity index (χ3v) is 2.38. The van der Waals surface area contributed by atoms with Crippen molar-refractivity contribution in [3.8, 4) is 16.9 Å². The topological polar surface area (TPSA) is 50.2 Å². The Balaban J connectivity index is 2.73. The molecule has 0 saturated heterocycles. The predicted molar refractivity (Wildman–Crippen MR) is 62.3 cm³/mol. The van der Waals surface area contributed by atoms with E-state index in [1.54, 1.807) is 19.1 Å². The second-order valence-corrected chi connectivity index (χ2v) is 3.74. The average molecular weight is 231 g/mol. The van der Waals surface area contributed by atoms with Crippen molar-refractivity contribution >= 4 is 0 Å². The highest BCUT2D eigenvalue weighted by atomic mass is 19.1. The molecule has 0 atom stereocenters. The molecular weight excluding hydrogens is 221 g/mol. The summed E-state index contributed by atoms with van der Waals surface area (Å²) in [6.45, 7) is 1.74.